The van der Waals surface area contributed by atoms with E-state index < -0.39 is 8.32 Å². The van der Waals surface area contributed by atoms with Crippen LogP contribution in [0.1, 0.15) is 50.7 Å². The lowest BCUT2D eigenvalue weighted by atomic mass is 9.90. The molecule has 158 valence electrons. The highest BCUT2D eigenvalue weighted by Crippen LogP contribution is 2.45. The van der Waals surface area contributed by atoms with Gasteiger partial charge in [-0.25, -0.2) is 0 Å². The van der Waals surface area contributed by atoms with Gasteiger partial charge in [0.1, 0.15) is 13.1 Å². The second-order valence-electron chi connectivity index (χ2n) is 8.40. The SMILES string of the molecule is C=CCCC(C=O)c1c(COCOC)ccc(OC)c1O[Si](C)(C)C(C)(C)C. The van der Waals surface area contributed by atoms with Crippen molar-refractivity contribution < 1.29 is 23.4 Å². The predicted octanol–water partition coefficient (Wildman–Crippen LogP) is 5.45. The Bertz CT molecular complexity index is 649. The van der Waals surface area contributed by atoms with E-state index in [2.05, 4.69) is 40.4 Å². The Morgan fingerprint density at radius 1 is 1.21 bits per heavy atom. The van der Waals surface area contributed by atoms with E-state index in [1.165, 1.54) is 0 Å². The minimum atomic E-state index is -2.16. The van der Waals surface area contributed by atoms with Gasteiger partial charge in [0.15, 0.2) is 11.5 Å². The van der Waals surface area contributed by atoms with Crippen LogP contribution < -0.4 is 9.16 Å². The zero-order valence-electron chi connectivity index (χ0n) is 18.5. The molecule has 0 aromatic heterocycles. The molecule has 0 aliphatic rings. The zero-order chi connectivity index (χ0) is 21.4. The molecule has 1 aromatic carbocycles. The fourth-order valence-electron chi connectivity index (χ4n) is 2.64. The van der Waals surface area contributed by atoms with Crippen molar-refractivity contribution in [2.45, 2.75) is 64.3 Å². The smallest absolute Gasteiger partial charge is 0.250 e. The highest BCUT2D eigenvalue weighted by molar-refractivity contribution is 6.74. The Hall–Kier alpha value is -1.63. The number of allylic oxidation sites excluding steroid dienone is 1. The van der Waals surface area contributed by atoms with E-state index in [0.717, 1.165) is 23.8 Å². The maximum atomic E-state index is 12.0. The first-order valence-corrected chi connectivity index (χ1v) is 12.5. The summed E-state index contributed by atoms with van der Waals surface area (Å²) in [5.74, 6) is 0.976. The van der Waals surface area contributed by atoms with Crippen LogP contribution in [0.25, 0.3) is 0 Å². The van der Waals surface area contributed by atoms with Gasteiger partial charge in [0.2, 0.25) is 0 Å². The molecule has 28 heavy (non-hydrogen) atoms. The molecular weight excluding hydrogens is 372 g/mol. The summed E-state index contributed by atoms with van der Waals surface area (Å²) in [4.78, 5) is 12.0. The van der Waals surface area contributed by atoms with Crippen molar-refractivity contribution in [3.05, 3.63) is 35.9 Å². The summed E-state index contributed by atoms with van der Waals surface area (Å²) < 4.78 is 22.9. The molecule has 1 atom stereocenters. The number of carbonyl (C=O) groups is 1. The maximum Gasteiger partial charge on any atom is 0.250 e. The molecule has 0 saturated carbocycles. The molecule has 0 spiro atoms. The van der Waals surface area contributed by atoms with E-state index in [0.29, 0.717) is 24.5 Å². The third-order valence-corrected chi connectivity index (χ3v) is 9.64. The van der Waals surface area contributed by atoms with Crippen molar-refractivity contribution in [1.29, 1.82) is 0 Å². The molecule has 0 heterocycles. The van der Waals surface area contributed by atoms with E-state index >= 15 is 0 Å². The molecule has 1 unspecified atom stereocenters. The number of rotatable bonds is 12. The summed E-state index contributed by atoms with van der Waals surface area (Å²) in [6, 6.07) is 3.82. The van der Waals surface area contributed by atoms with Crippen molar-refractivity contribution in [3.8, 4) is 11.5 Å². The van der Waals surface area contributed by atoms with E-state index in [1.54, 1.807) is 14.2 Å². The molecular formula is C22H36O5Si. The van der Waals surface area contributed by atoms with Crippen LogP contribution in [0, 0.1) is 0 Å². The number of aldehydes is 1. The van der Waals surface area contributed by atoms with Crippen molar-refractivity contribution in [1.82, 2.24) is 0 Å². The van der Waals surface area contributed by atoms with Gasteiger partial charge in [-0.2, -0.15) is 0 Å². The topological polar surface area (TPSA) is 54.0 Å². The van der Waals surface area contributed by atoms with Crippen molar-refractivity contribution in [3.63, 3.8) is 0 Å². The normalized spacial score (nSPS) is 13.1. The molecule has 5 nitrogen and oxygen atoms in total. The largest absolute Gasteiger partial charge is 0.541 e. The Morgan fingerprint density at radius 2 is 1.89 bits per heavy atom. The van der Waals surface area contributed by atoms with Crippen molar-refractivity contribution in [2.24, 2.45) is 0 Å². The van der Waals surface area contributed by atoms with E-state index in [1.807, 2.05) is 18.2 Å². The summed E-state index contributed by atoms with van der Waals surface area (Å²) in [5, 5.41) is 0.00955. The first-order chi connectivity index (χ1) is 13.1. The van der Waals surface area contributed by atoms with Crippen LogP contribution >= 0.6 is 0 Å². The van der Waals surface area contributed by atoms with Gasteiger partial charge in [-0.05, 0) is 42.6 Å². The second-order valence-corrected chi connectivity index (χ2v) is 13.1. The van der Waals surface area contributed by atoms with E-state index in [4.69, 9.17) is 18.6 Å². The number of hydrogen-bond acceptors (Lipinski definition) is 5. The van der Waals surface area contributed by atoms with E-state index in [-0.39, 0.29) is 17.7 Å². The standard InChI is InChI=1S/C22H36O5Si/c1-9-10-11-17(14-23)20-18(15-26-16-24-5)12-13-19(25-6)21(20)27-28(7,8)22(2,3)4/h9,12-14,17H,1,10-11,15-16H2,2-8H3. The highest BCUT2D eigenvalue weighted by Gasteiger charge is 2.40. The Balaban J connectivity index is 3.55. The van der Waals surface area contributed by atoms with E-state index in [9.17, 15) is 4.79 Å². The minimum absolute atomic E-state index is 0.00955. The minimum Gasteiger partial charge on any atom is -0.541 e. The quantitative estimate of drug-likeness (QED) is 0.151. The molecule has 6 heteroatoms. The Labute approximate surface area is 171 Å². The van der Waals surface area contributed by atoms with Crippen molar-refractivity contribution in [2.75, 3.05) is 21.0 Å². The zero-order valence-corrected chi connectivity index (χ0v) is 19.5. The van der Waals surface area contributed by atoms with Crippen LogP contribution in [0.5, 0.6) is 11.5 Å². The van der Waals surface area contributed by atoms with Crippen LogP contribution in [0.3, 0.4) is 0 Å². The first kappa shape index (κ1) is 24.4. The molecule has 0 fully saturated rings. The fraction of sp³-hybridized carbons (Fsp3) is 0.591. The predicted molar refractivity (Wildman–Crippen MR) is 116 cm³/mol. The van der Waals surface area contributed by atoms with Crippen LogP contribution in [-0.4, -0.2) is 35.6 Å². The first-order valence-electron chi connectivity index (χ1n) is 9.64. The van der Waals surface area contributed by atoms with Gasteiger partial charge in [-0.1, -0.05) is 32.9 Å². The van der Waals surface area contributed by atoms with Gasteiger partial charge in [-0.15, -0.1) is 6.58 Å². The number of ether oxygens (including phenoxy) is 3. The van der Waals surface area contributed by atoms with Gasteiger partial charge in [0.25, 0.3) is 8.32 Å². The number of hydrogen-bond donors (Lipinski definition) is 0. The molecule has 0 N–H and O–H groups in total. The van der Waals surface area contributed by atoms with Gasteiger partial charge >= 0.3 is 0 Å². The maximum absolute atomic E-state index is 12.0. The monoisotopic (exact) mass is 408 g/mol. The fourth-order valence-corrected chi connectivity index (χ4v) is 3.67. The summed E-state index contributed by atoms with van der Waals surface area (Å²) in [5.41, 5.74) is 1.75. The molecule has 0 amide bonds. The Kier molecular flexibility index (Phi) is 9.40. The summed E-state index contributed by atoms with van der Waals surface area (Å²) in [6.07, 6.45) is 4.20. The number of carbonyl (C=O) groups excluding carboxylic acids is 1. The third kappa shape index (κ3) is 6.19. The van der Waals surface area contributed by atoms with Crippen molar-refractivity contribution >= 4 is 14.6 Å². The number of benzene rings is 1. The molecule has 0 bridgehead atoms. The van der Waals surface area contributed by atoms with Crippen LogP contribution in [0.2, 0.25) is 18.1 Å². The van der Waals surface area contributed by atoms with Gasteiger partial charge in [0.05, 0.1) is 13.7 Å². The molecule has 0 radical (unpaired) electrons. The lowest BCUT2D eigenvalue weighted by Crippen LogP contribution is -2.44. The lowest BCUT2D eigenvalue weighted by molar-refractivity contribution is -0.109. The Morgan fingerprint density at radius 3 is 2.39 bits per heavy atom. The van der Waals surface area contributed by atoms with Gasteiger partial charge in [0, 0.05) is 18.6 Å². The molecule has 0 aliphatic heterocycles. The highest BCUT2D eigenvalue weighted by atomic mass is 28.4. The van der Waals surface area contributed by atoms with Crippen LogP contribution in [0.4, 0.5) is 0 Å². The van der Waals surface area contributed by atoms with Crippen LogP contribution in [-0.2, 0) is 20.9 Å². The summed E-state index contributed by atoms with van der Waals surface area (Å²) in [6.45, 7) is 15.2. The molecule has 1 rings (SSSR count). The van der Waals surface area contributed by atoms with Crippen LogP contribution in [0.15, 0.2) is 24.8 Å². The van der Waals surface area contributed by atoms with Gasteiger partial charge in [-0.3, -0.25) is 0 Å². The summed E-state index contributed by atoms with van der Waals surface area (Å²) in [7, 11) is 1.05. The van der Waals surface area contributed by atoms with Gasteiger partial charge < -0.3 is 23.4 Å². The second kappa shape index (κ2) is 10.8. The molecule has 0 saturated heterocycles. The summed E-state index contributed by atoms with van der Waals surface area (Å²) >= 11 is 0. The average molecular weight is 409 g/mol. The third-order valence-electron chi connectivity index (χ3n) is 5.31. The molecule has 1 aromatic rings. The number of methoxy groups -OCH3 is 2. The lowest BCUT2D eigenvalue weighted by Gasteiger charge is -2.38. The average Bonchev–Trinajstić information content (AvgIpc) is 2.62. The molecule has 0 aliphatic carbocycles.